The summed E-state index contributed by atoms with van der Waals surface area (Å²) in [4.78, 5) is 12.1. The lowest BCUT2D eigenvalue weighted by Crippen LogP contribution is -2.29. The Morgan fingerprint density at radius 3 is 2.65 bits per heavy atom. The number of rotatable bonds is 8. The summed E-state index contributed by atoms with van der Waals surface area (Å²) in [5, 5.41) is 12.8. The van der Waals surface area contributed by atoms with E-state index in [4.69, 9.17) is 4.74 Å². The Hall–Kier alpha value is -2.27. The van der Waals surface area contributed by atoms with Crippen molar-refractivity contribution in [2.24, 2.45) is 7.05 Å². The summed E-state index contributed by atoms with van der Waals surface area (Å²) in [6, 6.07) is 10.7. The second-order valence-electron chi connectivity index (χ2n) is 5.50. The molecule has 0 spiro atoms. The molecule has 2 aromatic rings. The van der Waals surface area contributed by atoms with Crippen molar-refractivity contribution in [3.8, 4) is 5.75 Å². The highest BCUT2D eigenvalue weighted by atomic mass is 16.5. The fourth-order valence-corrected chi connectivity index (χ4v) is 2.25. The van der Waals surface area contributed by atoms with Crippen LogP contribution < -0.4 is 10.1 Å². The van der Waals surface area contributed by atoms with Gasteiger partial charge in [-0.05, 0) is 42.8 Å². The zero-order valence-electron chi connectivity index (χ0n) is 13.7. The number of aliphatic hydroxyl groups is 1. The molecular formula is C18H24N2O3. The molecule has 0 bridgehead atoms. The van der Waals surface area contributed by atoms with E-state index in [1.54, 1.807) is 24.3 Å². The Labute approximate surface area is 136 Å². The molecule has 2 rings (SSSR count). The first-order chi connectivity index (χ1) is 11.1. The Balaban J connectivity index is 1.84. The lowest BCUT2D eigenvalue weighted by molar-refractivity contribution is 0.0912. The number of ether oxygens (including phenoxy) is 1. The van der Waals surface area contributed by atoms with E-state index >= 15 is 0 Å². The molecule has 5 heteroatoms. The number of aliphatic hydroxyl groups excluding tert-OH is 1. The average molecular weight is 316 g/mol. The van der Waals surface area contributed by atoms with Crippen molar-refractivity contribution >= 4 is 5.91 Å². The minimum Gasteiger partial charge on any atom is -0.494 e. The number of hydrogen-bond donors (Lipinski definition) is 2. The van der Waals surface area contributed by atoms with E-state index in [-0.39, 0.29) is 12.5 Å². The SMILES string of the molecule is CCCCOc1ccc(C(=O)NCC(O)c2cccn2C)cc1. The molecule has 0 saturated heterocycles. The number of amides is 1. The summed E-state index contributed by atoms with van der Waals surface area (Å²) in [6.45, 7) is 2.97. The molecule has 0 aliphatic carbocycles. The molecule has 1 aromatic heterocycles. The van der Waals surface area contributed by atoms with E-state index in [9.17, 15) is 9.90 Å². The molecule has 23 heavy (non-hydrogen) atoms. The topological polar surface area (TPSA) is 63.5 Å². The van der Waals surface area contributed by atoms with E-state index in [0.717, 1.165) is 24.3 Å². The third kappa shape index (κ3) is 4.86. The van der Waals surface area contributed by atoms with Gasteiger partial charge in [0.1, 0.15) is 11.9 Å². The molecule has 124 valence electrons. The van der Waals surface area contributed by atoms with Crippen LogP contribution in [-0.2, 0) is 7.05 Å². The van der Waals surface area contributed by atoms with Crippen LogP contribution in [0.15, 0.2) is 42.6 Å². The van der Waals surface area contributed by atoms with Crippen LogP contribution in [0.4, 0.5) is 0 Å². The van der Waals surface area contributed by atoms with Crippen LogP contribution in [0.25, 0.3) is 0 Å². The maximum absolute atomic E-state index is 12.1. The van der Waals surface area contributed by atoms with Crippen LogP contribution in [0.1, 0.15) is 41.9 Å². The Morgan fingerprint density at radius 2 is 2.04 bits per heavy atom. The molecule has 0 aliphatic rings. The van der Waals surface area contributed by atoms with Gasteiger partial charge in [0.25, 0.3) is 5.91 Å². The molecule has 0 radical (unpaired) electrons. The van der Waals surface area contributed by atoms with Crippen molar-refractivity contribution in [1.82, 2.24) is 9.88 Å². The number of nitrogens with one attached hydrogen (secondary N) is 1. The van der Waals surface area contributed by atoms with E-state index in [1.165, 1.54) is 0 Å². The number of aromatic nitrogens is 1. The van der Waals surface area contributed by atoms with Gasteiger partial charge in [0.2, 0.25) is 0 Å². The molecule has 1 atom stereocenters. The number of hydrogen-bond acceptors (Lipinski definition) is 3. The summed E-state index contributed by atoms with van der Waals surface area (Å²) >= 11 is 0. The monoisotopic (exact) mass is 316 g/mol. The van der Waals surface area contributed by atoms with E-state index in [2.05, 4.69) is 12.2 Å². The molecule has 2 N–H and O–H groups in total. The van der Waals surface area contributed by atoms with E-state index < -0.39 is 6.10 Å². The third-order valence-electron chi connectivity index (χ3n) is 3.66. The van der Waals surface area contributed by atoms with Crippen LogP contribution in [0.2, 0.25) is 0 Å². The maximum atomic E-state index is 12.1. The molecule has 0 saturated carbocycles. The van der Waals surface area contributed by atoms with Gasteiger partial charge in [-0.3, -0.25) is 4.79 Å². The molecule has 1 amide bonds. The van der Waals surface area contributed by atoms with Crippen LogP contribution in [-0.4, -0.2) is 28.7 Å². The minimum atomic E-state index is -0.726. The number of benzene rings is 1. The molecule has 1 unspecified atom stereocenters. The molecule has 0 fully saturated rings. The normalized spacial score (nSPS) is 12.0. The number of aryl methyl sites for hydroxylation is 1. The lowest BCUT2D eigenvalue weighted by atomic mass is 10.2. The van der Waals surface area contributed by atoms with Crippen molar-refractivity contribution < 1.29 is 14.6 Å². The van der Waals surface area contributed by atoms with Gasteiger partial charge in [0.05, 0.1) is 6.61 Å². The average Bonchev–Trinajstić information content (AvgIpc) is 2.99. The Bertz CT molecular complexity index is 619. The first-order valence-electron chi connectivity index (χ1n) is 7.92. The number of unbranched alkanes of at least 4 members (excludes halogenated alkanes) is 1. The van der Waals surface area contributed by atoms with Crippen molar-refractivity contribution in [2.45, 2.75) is 25.9 Å². The summed E-state index contributed by atoms with van der Waals surface area (Å²) < 4.78 is 7.40. The smallest absolute Gasteiger partial charge is 0.251 e. The van der Waals surface area contributed by atoms with Gasteiger partial charge < -0.3 is 19.7 Å². The highest BCUT2D eigenvalue weighted by Crippen LogP contribution is 2.14. The first kappa shape index (κ1) is 17.1. The highest BCUT2D eigenvalue weighted by molar-refractivity contribution is 5.94. The Kier molecular flexibility index (Phi) is 6.23. The van der Waals surface area contributed by atoms with Crippen molar-refractivity contribution in [2.75, 3.05) is 13.2 Å². The van der Waals surface area contributed by atoms with E-state index in [0.29, 0.717) is 12.2 Å². The predicted octanol–water partition coefficient (Wildman–Crippen LogP) is 2.67. The van der Waals surface area contributed by atoms with Gasteiger partial charge in [-0.1, -0.05) is 13.3 Å². The molecular weight excluding hydrogens is 292 g/mol. The fraction of sp³-hybridized carbons (Fsp3) is 0.389. The van der Waals surface area contributed by atoms with Crippen molar-refractivity contribution in [3.63, 3.8) is 0 Å². The van der Waals surface area contributed by atoms with Gasteiger partial charge >= 0.3 is 0 Å². The highest BCUT2D eigenvalue weighted by Gasteiger charge is 2.13. The summed E-state index contributed by atoms with van der Waals surface area (Å²) in [7, 11) is 1.86. The van der Waals surface area contributed by atoms with Gasteiger partial charge in [-0.15, -0.1) is 0 Å². The van der Waals surface area contributed by atoms with Crippen molar-refractivity contribution in [3.05, 3.63) is 53.9 Å². The lowest BCUT2D eigenvalue weighted by Gasteiger charge is -2.13. The standard InChI is InChI=1S/C18H24N2O3/c1-3-4-12-23-15-9-7-14(8-10-15)18(22)19-13-17(21)16-6-5-11-20(16)2/h5-11,17,21H,3-4,12-13H2,1-2H3,(H,19,22). The van der Waals surface area contributed by atoms with Crippen LogP contribution >= 0.6 is 0 Å². The predicted molar refractivity (Wildman–Crippen MR) is 89.6 cm³/mol. The summed E-state index contributed by atoms with van der Waals surface area (Å²) in [6.07, 6.45) is 3.23. The Morgan fingerprint density at radius 1 is 1.30 bits per heavy atom. The molecule has 1 aromatic carbocycles. The second kappa shape index (κ2) is 8.39. The third-order valence-corrected chi connectivity index (χ3v) is 3.66. The first-order valence-corrected chi connectivity index (χ1v) is 7.92. The summed E-state index contributed by atoms with van der Waals surface area (Å²) in [5.41, 5.74) is 1.32. The van der Waals surface area contributed by atoms with Crippen LogP contribution in [0.3, 0.4) is 0 Å². The van der Waals surface area contributed by atoms with Crippen LogP contribution in [0, 0.1) is 0 Å². The largest absolute Gasteiger partial charge is 0.494 e. The van der Waals surface area contributed by atoms with Crippen molar-refractivity contribution in [1.29, 1.82) is 0 Å². The minimum absolute atomic E-state index is 0.172. The molecule has 0 aliphatic heterocycles. The van der Waals surface area contributed by atoms with Gasteiger partial charge in [0, 0.05) is 31.0 Å². The fourth-order valence-electron chi connectivity index (χ4n) is 2.25. The van der Waals surface area contributed by atoms with E-state index in [1.807, 2.05) is 29.9 Å². The van der Waals surface area contributed by atoms with Crippen LogP contribution in [0.5, 0.6) is 5.75 Å². The molecule has 1 heterocycles. The molecule has 5 nitrogen and oxygen atoms in total. The van der Waals surface area contributed by atoms with Gasteiger partial charge in [-0.2, -0.15) is 0 Å². The summed E-state index contributed by atoms with van der Waals surface area (Å²) in [5.74, 6) is 0.553. The van der Waals surface area contributed by atoms with Gasteiger partial charge in [-0.25, -0.2) is 0 Å². The zero-order chi connectivity index (χ0) is 16.7. The maximum Gasteiger partial charge on any atom is 0.251 e. The number of nitrogens with zero attached hydrogens (tertiary/aromatic N) is 1. The number of carbonyl (C=O) groups is 1. The number of carbonyl (C=O) groups excluding carboxylic acids is 1. The second-order valence-corrected chi connectivity index (χ2v) is 5.50. The van der Waals surface area contributed by atoms with Gasteiger partial charge in [0.15, 0.2) is 0 Å². The zero-order valence-corrected chi connectivity index (χ0v) is 13.7. The quantitative estimate of drug-likeness (QED) is 0.736.